The molecule has 0 saturated heterocycles. The number of pyridine rings is 1. The largest absolute Gasteiger partial charge is 0.378 e. The normalized spacial score (nSPS) is 12.0. The molecule has 0 fully saturated rings. The zero-order valence-electron chi connectivity index (χ0n) is 13.1. The first kappa shape index (κ1) is 15.2. The van der Waals surface area contributed by atoms with Gasteiger partial charge in [0.15, 0.2) is 0 Å². The molecule has 0 aliphatic heterocycles. The van der Waals surface area contributed by atoms with Gasteiger partial charge in [-0.05, 0) is 37.6 Å². The van der Waals surface area contributed by atoms with Crippen molar-refractivity contribution in [2.45, 2.75) is 26.4 Å². The van der Waals surface area contributed by atoms with Crippen molar-refractivity contribution in [2.75, 3.05) is 24.3 Å². The summed E-state index contributed by atoms with van der Waals surface area (Å²) in [6, 6.07) is 12.1. The molecule has 0 bridgehead atoms. The number of hydrogen-bond acceptors (Lipinski definition) is 3. The number of rotatable bonds is 5. The Hall–Kier alpha value is -2.23. The fourth-order valence-electron chi connectivity index (χ4n) is 2.26. The first-order valence-corrected chi connectivity index (χ1v) is 7.25. The van der Waals surface area contributed by atoms with Crippen LogP contribution in [0.3, 0.4) is 0 Å². The Morgan fingerprint density at radius 1 is 1.14 bits per heavy atom. The van der Waals surface area contributed by atoms with E-state index in [1.54, 1.807) is 10.6 Å². The predicted molar refractivity (Wildman–Crippen MR) is 89.2 cm³/mol. The number of hydrogen-bond donors (Lipinski definition) is 1. The lowest BCUT2D eigenvalue weighted by atomic mass is 10.1. The van der Waals surface area contributed by atoms with E-state index in [1.165, 1.54) is 11.3 Å². The molecule has 4 nitrogen and oxygen atoms in total. The Bertz CT molecular complexity index is 644. The second-order valence-corrected chi connectivity index (χ2v) is 5.39. The van der Waals surface area contributed by atoms with Crippen molar-refractivity contribution >= 4 is 11.4 Å². The number of nitrogens with zero attached hydrogens (tertiary/aromatic N) is 2. The molecule has 0 radical (unpaired) electrons. The number of aryl methyl sites for hydroxylation is 1. The molecule has 2 rings (SSSR count). The summed E-state index contributed by atoms with van der Waals surface area (Å²) in [4.78, 5) is 13.7. The number of aromatic nitrogens is 1. The van der Waals surface area contributed by atoms with Crippen LogP contribution >= 0.6 is 0 Å². The van der Waals surface area contributed by atoms with E-state index >= 15 is 0 Å². The molecule has 0 aliphatic carbocycles. The average molecular weight is 285 g/mol. The summed E-state index contributed by atoms with van der Waals surface area (Å²) in [5.41, 5.74) is 3.40. The topological polar surface area (TPSA) is 37.3 Å². The lowest BCUT2D eigenvalue weighted by Crippen LogP contribution is -2.18. The molecule has 4 heteroatoms. The van der Waals surface area contributed by atoms with Crippen LogP contribution in [0.1, 0.15) is 25.5 Å². The van der Waals surface area contributed by atoms with Gasteiger partial charge in [-0.2, -0.15) is 0 Å². The maximum absolute atomic E-state index is 11.6. The van der Waals surface area contributed by atoms with Gasteiger partial charge in [0.1, 0.15) is 0 Å². The number of anilines is 2. The molecular formula is C17H23N3O. The van der Waals surface area contributed by atoms with E-state index in [2.05, 4.69) is 41.4 Å². The molecule has 0 amide bonds. The minimum Gasteiger partial charge on any atom is -0.378 e. The second kappa shape index (κ2) is 6.48. The summed E-state index contributed by atoms with van der Waals surface area (Å²) < 4.78 is 1.70. The summed E-state index contributed by atoms with van der Waals surface area (Å²) in [5.74, 6) is 0. The van der Waals surface area contributed by atoms with Gasteiger partial charge in [-0.25, -0.2) is 0 Å². The molecule has 1 unspecified atom stereocenters. The summed E-state index contributed by atoms with van der Waals surface area (Å²) in [6.07, 6.45) is 1.87. The van der Waals surface area contributed by atoms with E-state index in [0.717, 1.165) is 5.69 Å². The van der Waals surface area contributed by atoms with Crippen LogP contribution in [-0.4, -0.2) is 18.7 Å². The van der Waals surface area contributed by atoms with Crippen molar-refractivity contribution in [2.24, 2.45) is 0 Å². The molecule has 0 spiro atoms. The van der Waals surface area contributed by atoms with Gasteiger partial charge in [0.2, 0.25) is 0 Å². The molecule has 21 heavy (non-hydrogen) atoms. The lowest BCUT2D eigenvalue weighted by Gasteiger charge is -2.18. The van der Waals surface area contributed by atoms with Gasteiger partial charge in [0.05, 0.1) is 5.69 Å². The first-order chi connectivity index (χ1) is 10.0. The van der Waals surface area contributed by atoms with Crippen LogP contribution in [0.5, 0.6) is 0 Å². The van der Waals surface area contributed by atoms with Crippen LogP contribution in [0, 0.1) is 0 Å². The van der Waals surface area contributed by atoms with Crippen LogP contribution in [0.2, 0.25) is 0 Å². The maximum Gasteiger partial charge on any atom is 0.250 e. The Morgan fingerprint density at radius 3 is 2.38 bits per heavy atom. The van der Waals surface area contributed by atoms with Crippen molar-refractivity contribution in [1.29, 1.82) is 0 Å². The van der Waals surface area contributed by atoms with Gasteiger partial charge < -0.3 is 14.8 Å². The smallest absolute Gasteiger partial charge is 0.250 e. The van der Waals surface area contributed by atoms with Crippen molar-refractivity contribution in [3.63, 3.8) is 0 Å². The highest BCUT2D eigenvalue weighted by Crippen LogP contribution is 2.21. The van der Waals surface area contributed by atoms with Crippen LogP contribution < -0.4 is 15.8 Å². The molecule has 1 aromatic carbocycles. The van der Waals surface area contributed by atoms with E-state index in [9.17, 15) is 4.79 Å². The van der Waals surface area contributed by atoms with Crippen LogP contribution in [0.4, 0.5) is 11.4 Å². The fourth-order valence-corrected chi connectivity index (χ4v) is 2.26. The quantitative estimate of drug-likeness (QED) is 0.917. The van der Waals surface area contributed by atoms with E-state index < -0.39 is 0 Å². The van der Waals surface area contributed by atoms with Crippen LogP contribution in [-0.2, 0) is 6.54 Å². The zero-order valence-corrected chi connectivity index (χ0v) is 13.1. The van der Waals surface area contributed by atoms with Crippen molar-refractivity contribution in [3.8, 4) is 0 Å². The predicted octanol–water partition coefficient (Wildman–Crippen LogP) is 3.11. The molecular weight excluding hydrogens is 262 g/mol. The fraction of sp³-hybridized carbons (Fsp3) is 0.353. The second-order valence-electron chi connectivity index (χ2n) is 5.39. The Balaban J connectivity index is 2.13. The third-order valence-corrected chi connectivity index (χ3v) is 3.62. The van der Waals surface area contributed by atoms with Gasteiger partial charge in [0.25, 0.3) is 5.56 Å². The average Bonchev–Trinajstić information content (AvgIpc) is 2.49. The summed E-state index contributed by atoms with van der Waals surface area (Å²) in [7, 11) is 4.06. The number of nitrogens with one attached hydrogen (secondary N) is 1. The molecule has 1 aromatic heterocycles. The van der Waals surface area contributed by atoms with E-state index in [1.807, 2.05) is 33.3 Å². The minimum absolute atomic E-state index is 0.0334. The molecule has 2 aromatic rings. The Labute approximate surface area is 126 Å². The van der Waals surface area contributed by atoms with Crippen molar-refractivity contribution in [3.05, 3.63) is 58.5 Å². The maximum atomic E-state index is 11.6. The van der Waals surface area contributed by atoms with Crippen LogP contribution in [0.15, 0.2) is 47.4 Å². The molecule has 1 atom stereocenters. The molecule has 0 aliphatic rings. The Morgan fingerprint density at radius 2 is 1.81 bits per heavy atom. The van der Waals surface area contributed by atoms with E-state index in [4.69, 9.17) is 0 Å². The Kier molecular flexibility index (Phi) is 4.68. The highest BCUT2D eigenvalue weighted by Gasteiger charge is 2.06. The van der Waals surface area contributed by atoms with Gasteiger partial charge in [-0.3, -0.25) is 4.79 Å². The van der Waals surface area contributed by atoms with Gasteiger partial charge >= 0.3 is 0 Å². The van der Waals surface area contributed by atoms with Crippen molar-refractivity contribution in [1.82, 2.24) is 4.57 Å². The molecule has 1 heterocycles. The third kappa shape index (κ3) is 3.66. The van der Waals surface area contributed by atoms with Gasteiger partial charge in [-0.1, -0.05) is 12.1 Å². The third-order valence-electron chi connectivity index (χ3n) is 3.62. The van der Waals surface area contributed by atoms with Gasteiger partial charge in [-0.15, -0.1) is 0 Å². The molecule has 112 valence electrons. The summed E-state index contributed by atoms with van der Waals surface area (Å²) >= 11 is 0. The van der Waals surface area contributed by atoms with E-state index in [0.29, 0.717) is 6.54 Å². The zero-order chi connectivity index (χ0) is 15.4. The monoisotopic (exact) mass is 285 g/mol. The number of benzene rings is 1. The van der Waals surface area contributed by atoms with E-state index in [-0.39, 0.29) is 11.6 Å². The first-order valence-electron chi connectivity index (χ1n) is 7.25. The SMILES string of the molecule is CCn1cc(NC(C)c2ccc(N(C)C)cc2)ccc1=O. The molecule has 0 saturated carbocycles. The molecule has 1 N–H and O–H groups in total. The lowest BCUT2D eigenvalue weighted by molar-refractivity contribution is 0.725. The van der Waals surface area contributed by atoms with Crippen molar-refractivity contribution < 1.29 is 0 Å². The summed E-state index contributed by atoms with van der Waals surface area (Å²) in [6.45, 7) is 4.76. The van der Waals surface area contributed by atoms with Gasteiger partial charge in [0, 0.05) is 44.6 Å². The highest BCUT2D eigenvalue weighted by molar-refractivity contribution is 5.48. The minimum atomic E-state index is 0.0334. The summed E-state index contributed by atoms with van der Waals surface area (Å²) in [5, 5.41) is 3.44. The standard InChI is InChI=1S/C17H23N3O/c1-5-20-12-15(8-11-17(20)21)18-13(2)14-6-9-16(10-7-14)19(3)4/h6-13,18H,5H2,1-4H3. The van der Waals surface area contributed by atoms with Crippen LogP contribution in [0.25, 0.3) is 0 Å². The highest BCUT2D eigenvalue weighted by atomic mass is 16.1.